The molecule has 1 aliphatic heterocycles. The van der Waals surface area contributed by atoms with Crippen molar-refractivity contribution in [2.75, 3.05) is 46.3 Å². The number of carbonyl (C=O) groups excluding carboxylic acids is 1. The summed E-state index contributed by atoms with van der Waals surface area (Å²) in [7, 11) is 2.15. The highest BCUT2D eigenvalue weighted by Crippen LogP contribution is 2.09. The summed E-state index contributed by atoms with van der Waals surface area (Å²) >= 11 is 0. The summed E-state index contributed by atoms with van der Waals surface area (Å²) in [5, 5.41) is 2.80. The minimum atomic E-state index is 0.0878. The third kappa shape index (κ3) is 4.08. The number of likely N-dealkylation sites (N-methyl/N-ethyl adjacent to an activating group) is 1. The lowest BCUT2D eigenvalue weighted by Crippen LogP contribution is -2.53. The van der Waals surface area contributed by atoms with Gasteiger partial charge in [-0.15, -0.1) is 0 Å². The number of nitrogens with one attached hydrogen (secondary N) is 1. The lowest BCUT2D eigenvalue weighted by atomic mass is 10.1. The van der Waals surface area contributed by atoms with E-state index in [1.165, 1.54) is 0 Å². The van der Waals surface area contributed by atoms with Crippen LogP contribution in [0.25, 0.3) is 0 Å². The van der Waals surface area contributed by atoms with Crippen LogP contribution in [0.2, 0.25) is 0 Å². The smallest absolute Gasteiger partial charge is 0.234 e. The van der Waals surface area contributed by atoms with Gasteiger partial charge in [0.15, 0.2) is 0 Å². The molecule has 5 nitrogen and oxygen atoms in total. The van der Waals surface area contributed by atoms with E-state index >= 15 is 0 Å². The summed E-state index contributed by atoms with van der Waals surface area (Å²) in [6.45, 7) is 6.79. The molecule has 0 aliphatic carbocycles. The van der Waals surface area contributed by atoms with Gasteiger partial charge >= 0.3 is 0 Å². The summed E-state index contributed by atoms with van der Waals surface area (Å²) in [4.78, 5) is 16.1. The first-order valence-electron chi connectivity index (χ1n) is 6.06. The molecule has 16 heavy (non-hydrogen) atoms. The van der Waals surface area contributed by atoms with Gasteiger partial charge in [0.1, 0.15) is 0 Å². The normalized spacial score (nSPS) is 23.3. The molecule has 94 valence electrons. The number of amides is 1. The maximum Gasteiger partial charge on any atom is 0.234 e. The first-order chi connectivity index (χ1) is 7.67. The van der Waals surface area contributed by atoms with Crippen molar-refractivity contribution in [2.45, 2.75) is 19.4 Å². The molecular formula is C11H24N4O. The van der Waals surface area contributed by atoms with Crippen LogP contribution in [0.4, 0.5) is 0 Å². The molecule has 1 rings (SSSR count). The number of nitrogens with two attached hydrogens (primary N) is 1. The number of rotatable bonds is 5. The molecule has 1 saturated heterocycles. The van der Waals surface area contributed by atoms with E-state index < -0.39 is 0 Å². The molecule has 0 radical (unpaired) electrons. The first-order valence-corrected chi connectivity index (χ1v) is 6.06. The highest BCUT2D eigenvalue weighted by molar-refractivity contribution is 5.78. The van der Waals surface area contributed by atoms with Gasteiger partial charge in [-0.25, -0.2) is 0 Å². The molecular weight excluding hydrogens is 204 g/mol. The van der Waals surface area contributed by atoms with E-state index in [1.54, 1.807) is 0 Å². The highest BCUT2D eigenvalue weighted by Gasteiger charge is 2.23. The zero-order valence-electron chi connectivity index (χ0n) is 10.4. The predicted molar refractivity (Wildman–Crippen MR) is 65.2 cm³/mol. The van der Waals surface area contributed by atoms with Crippen LogP contribution in [-0.2, 0) is 4.79 Å². The first kappa shape index (κ1) is 13.4. The summed E-state index contributed by atoms with van der Waals surface area (Å²) in [6, 6.07) is 0.580. The SMILES string of the molecule is CCC1CN(CC(=O)NCCN)CCN1C. The molecule has 0 aromatic heterocycles. The molecule has 1 amide bonds. The van der Waals surface area contributed by atoms with Crippen LogP contribution in [0.15, 0.2) is 0 Å². The number of piperazine rings is 1. The quantitative estimate of drug-likeness (QED) is 0.639. The molecule has 1 fully saturated rings. The summed E-state index contributed by atoms with van der Waals surface area (Å²) < 4.78 is 0. The van der Waals surface area contributed by atoms with Crippen molar-refractivity contribution in [3.8, 4) is 0 Å². The largest absolute Gasteiger partial charge is 0.354 e. The molecule has 0 spiro atoms. The number of nitrogens with zero attached hydrogens (tertiary/aromatic N) is 2. The van der Waals surface area contributed by atoms with E-state index in [4.69, 9.17) is 5.73 Å². The van der Waals surface area contributed by atoms with E-state index in [1.807, 2.05) is 0 Å². The van der Waals surface area contributed by atoms with Gasteiger partial charge < -0.3 is 16.0 Å². The van der Waals surface area contributed by atoms with Crippen LogP contribution in [0, 0.1) is 0 Å². The fourth-order valence-corrected chi connectivity index (χ4v) is 2.07. The number of hydrogen-bond acceptors (Lipinski definition) is 4. The highest BCUT2D eigenvalue weighted by atomic mass is 16.2. The molecule has 5 heteroatoms. The Morgan fingerprint density at radius 1 is 1.50 bits per heavy atom. The molecule has 3 N–H and O–H groups in total. The van der Waals surface area contributed by atoms with Crippen molar-refractivity contribution in [1.82, 2.24) is 15.1 Å². The second kappa shape index (κ2) is 6.83. The third-order valence-corrected chi connectivity index (χ3v) is 3.17. The second-order valence-electron chi connectivity index (χ2n) is 4.42. The van der Waals surface area contributed by atoms with Crippen molar-refractivity contribution in [1.29, 1.82) is 0 Å². The van der Waals surface area contributed by atoms with Crippen molar-refractivity contribution in [3.05, 3.63) is 0 Å². The average molecular weight is 228 g/mol. The lowest BCUT2D eigenvalue weighted by Gasteiger charge is -2.38. The van der Waals surface area contributed by atoms with Crippen LogP contribution in [-0.4, -0.2) is 68.1 Å². The van der Waals surface area contributed by atoms with Crippen LogP contribution < -0.4 is 11.1 Å². The molecule has 0 bridgehead atoms. The molecule has 1 heterocycles. The Kier molecular flexibility index (Phi) is 5.73. The number of hydrogen-bond donors (Lipinski definition) is 2. The molecule has 1 atom stereocenters. The Hall–Kier alpha value is -0.650. The zero-order valence-corrected chi connectivity index (χ0v) is 10.4. The lowest BCUT2D eigenvalue weighted by molar-refractivity contribution is -0.122. The van der Waals surface area contributed by atoms with Crippen LogP contribution in [0.3, 0.4) is 0 Å². The van der Waals surface area contributed by atoms with Crippen molar-refractivity contribution in [2.24, 2.45) is 5.73 Å². The van der Waals surface area contributed by atoms with Crippen LogP contribution in [0.1, 0.15) is 13.3 Å². The van der Waals surface area contributed by atoms with Gasteiger partial charge in [0.2, 0.25) is 5.91 Å². The van der Waals surface area contributed by atoms with Gasteiger partial charge in [-0.2, -0.15) is 0 Å². The predicted octanol–water partition coefficient (Wildman–Crippen LogP) is -0.913. The standard InChI is InChI=1S/C11H24N4O/c1-3-10-8-15(7-6-14(10)2)9-11(16)13-5-4-12/h10H,3-9,12H2,1-2H3,(H,13,16). The molecule has 1 unspecified atom stereocenters. The van der Waals surface area contributed by atoms with Crippen molar-refractivity contribution >= 4 is 5.91 Å². The van der Waals surface area contributed by atoms with Crippen molar-refractivity contribution in [3.63, 3.8) is 0 Å². The monoisotopic (exact) mass is 228 g/mol. The van der Waals surface area contributed by atoms with E-state index in [2.05, 4.69) is 29.1 Å². The second-order valence-corrected chi connectivity index (χ2v) is 4.42. The third-order valence-electron chi connectivity index (χ3n) is 3.17. The molecule has 0 saturated carbocycles. The number of carbonyl (C=O) groups is 1. The van der Waals surface area contributed by atoms with Gasteiger partial charge in [0, 0.05) is 38.8 Å². The fraction of sp³-hybridized carbons (Fsp3) is 0.909. The van der Waals surface area contributed by atoms with E-state index in [0.717, 1.165) is 26.1 Å². The Morgan fingerprint density at radius 3 is 2.88 bits per heavy atom. The van der Waals surface area contributed by atoms with Crippen LogP contribution in [0.5, 0.6) is 0 Å². The van der Waals surface area contributed by atoms with Crippen molar-refractivity contribution < 1.29 is 4.79 Å². The Balaban J connectivity index is 2.30. The van der Waals surface area contributed by atoms with Gasteiger partial charge in [-0.3, -0.25) is 9.69 Å². The molecule has 0 aromatic carbocycles. The summed E-state index contributed by atoms with van der Waals surface area (Å²) in [5.41, 5.74) is 5.34. The fourth-order valence-electron chi connectivity index (χ4n) is 2.07. The minimum absolute atomic E-state index is 0.0878. The molecule has 1 aliphatic rings. The maximum atomic E-state index is 11.5. The molecule has 0 aromatic rings. The zero-order chi connectivity index (χ0) is 12.0. The summed E-state index contributed by atoms with van der Waals surface area (Å²) in [6.07, 6.45) is 1.14. The van der Waals surface area contributed by atoms with Crippen LogP contribution >= 0.6 is 0 Å². The van der Waals surface area contributed by atoms with E-state index in [0.29, 0.717) is 25.7 Å². The Morgan fingerprint density at radius 2 is 2.25 bits per heavy atom. The van der Waals surface area contributed by atoms with E-state index in [9.17, 15) is 4.79 Å². The van der Waals surface area contributed by atoms with Gasteiger partial charge in [-0.05, 0) is 13.5 Å². The van der Waals surface area contributed by atoms with E-state index in [-0.39, 0.29) is 5.91 Å². The average Bonchev–Trinajstić information content (AvgIpc) is 2.29. The Labute approximate surface area is 98.0 Å². The van der Waals surface area contributed by atoms with Gasteiger partial charge in [0.25, 0.3) is 0 Å². The maximum absolute atomic E-state index is 11.5. The van der Waals surface area contributed by atoms with Gasteiger partial charge in [0.05, 0.1) is 6.54 Å². The topological polar surface area (TPSA) is 61.6 Å². The minimum Gasteiger partial charge on any atom is -0.354 e. The summed E-state index contributed by atoms with van der Waals surface area (Å²) in [5.74, 6) is 0.0878. The van der Waals surface area contributed by atoms with Gasteiger partial charge in [-0.1, -0.05) is 6.92 Å². The Bertz CT molecular complexity index is 222.